The fraction of sp³-hybridized carbons (Fsp3) is 0.579. The lowest BCUT2D eigenvalue weighted by Gasteiger charge is -2.32. The number of carbonyl (C=O) groups excluding carboxylic acids is 2. The summed E-state index contributed by atoms with van der Waals surface area (Å²) in [4.78, 5) is 26.3. The van der Waals surface area contributed by atoms with Gasteiger partial charge in [-0.05, 0) is 37.3 Å². The molecule has 27 heavy (non-hydrogen) atoms. The fourth-order valence-electron chi connectivity index (χ4n) is 3.28. The number of piperidine rings is 1. The molecule has 0 aromatic heterocycles. The topological polar surface area (TPSA) is 75.4 Å². The first kappa shape index (κ1) is 23.3. The van der Waals surface area contributed by atoms with Gasteiger partial charge in [-0.3, -0.25) is 9.59 Å². The third-order valence-electron chi connectivity index (χ3n) is 4.70. The van der Waals surface area contributed by atoms with Gasteiger partial charge in [0.25, 0.3) is 5.91 Å². The van der Waals surface area contributed by atoms with Crippen LogP contribution < -0.4 is 11.1 Å². The molecular weight excluding hydrogens is 376 g/mol. The molecule has 152 valence electrons. The van der Waals surface area contributed by atoms with Gasteiger partial charge in [0, 0.05) is 37.7 Å². The maximum atomic E-state index is 13.8. The maximum absolute atomic E-state index is 13.8. The largest absolute Gasteiger partial charge is 0.352 e. The van der Waals surface area contributed by atoms with Crippen molar-refractivity contribution in [1.29, 1.82) is 0 Å². The molecule has 1 unspecified atom stereocenters. The first-order valence-electron chi connectivity index (χ1n) is 9.06. The second kappa shape index (κ2) is 10.6. The summed E-state index contributed by atoms with van der Waals surface area (Å²) < 4.78 is 26.8. The van der Waals surface area contributed by atoms with Crippen LogP contribution in [0.4, 0.5) is 8.78 Å². The van der Waals surface area contributed by atoms with E-state index in [1.54, 1.807) is 0 Å². The Bertz CT molecular complexity index is 650. The molecule has 0 aliphatic carbocycles. The first-order valence-corrected chi connectivity index (χ1v) is 9.06. The number of nitrogens with one attached hydrogen (secondary N) is 1. The lowest BCUT2D eigenvalue weighted by Crippen LogP contribution is -2.47. The first-order chi connectivity index (χ1) is 12.3. The molecule has 3 N–H and O–H groups in total. The second-order valence-electron chi connectivity index (χ2n) is 7.26. The van der Waals surface area contributed by atoms with Gasteiger partial charge < -0.3 is 16.0 Å². The van der Waals surface area contributed by atoms with E-state index in [9.17, 15) is 18.4 Å². The van der Waals surface area contributed by atoms with E-state index in [0.717, 1.165) is 18.6 Å². The van der Waals surface area contributed by atoms with Crippen LogP contribution in [0.1, 0.15) is 43.5 Å². The fourth-order valence-corrected chi connectivity index (χ4v) is 3.28. The molecule has 2 amide bonds. The van der Waals surface area contributed by atoms with E-state index in [1.165, 1.54) is 4.90 Å². The number of likely N-dealkylation sites (tertiary alicyclic amines) is 1. The van der Waals surface area contributed by atoms with Gasteiger partial charge in [0.2, 0.25) is 5.91 Å². The molecule has 1 aliphatic rings. The van der Waals surface area contributed by atoms with Crippen LogP contribution >= 0.6 is 12.4 Å². The Morgan fingerprint density at radius 1 is 1.26 bits per heavy atom. The molecule has 5 nitrogen and oxygen atoms in total. The number of carbonyl (C=O) groups is 2. The molecule has 1 atom stereocenters. The van der Waals surface area contributed by atoms with Gasteiger partial charge in [0.1, 0.15) is 11.6 Å². The molecule has 0 radical (unpaired) electrons. The minimum absolute atomic E-state index is 0. The Labute approximate surface area is 165 Å². The van der Waals surface area contributed by atoms with Gasteiger partial charge in [0.15, 0.2) is 0 Å². The lowest BCUT2D eigenvalue weighted by molar-refractivity contribution is -0.127. The van der Waals surface area contributed by atoms with E-state index in [4.69, 9.17) is 5.73 Å². The van der Waals surface area contributed by atoms with E-state index in [-0.39, 0.29) is 35.8 Å². The Morgan fingerprint density at radius 2 is 1.89 bits per heavy atom. The van der Waals surface area contributed by atoms with Crippen LogP contribution in [-0.4, -0.2) is 42.4 Å². The summed E-state index contributed by atoms with van der Waals surface area (Å²) in [5, 5.41) is 2.99. The van der Waals surface area contributed by atoms with Gasteiger partial charge >= 0.3 is 0 Å². The molecule has 1 aliphatic heterocycles. The zero-order valence-corrected chi connectivity index (χ0v) is 16.5. The highest BCUT2D eigenvalue weighted by Gasteiger charge is 2.29. The van der Waals surface area contributed by atoms with Gasteiger partial charge in [-0.1, -0.05) is 13.8 Å². The van der Waals surface area contributed by atoms with Crippen LogP contribution in [0.25, 0.3) is 0 Å². The van der Waals surface area contributed by atoms with Crippen molar-refractivity contribution in [3.8, 4) is 0 Å². The van der Waals surface area contributed by atoms with Crippen molar-refractivity contribution in [2.75, 3.05) is 19.6 Å². The highest BCUT2D eigenvalue weighted by molar-refractivity contribution is 5.94. The maximum Gasteiger partial charge on any atom is 0.256 e. The van der Waals surface area contributed by atoms with Crippen molar-refractivity contribution in [3.05, 3.63) is 35.4 Å². The summed E-state index contributed by atoms with van der Waals surface area (Å²) >= 11 is 0. The number of hydrogen-bond donors (Lipinski definition) is 2. The average Bonchev–Trinajstić information content (AvgIpc) is 2.60. The van der Waals surface area contributed by atoms with Crippen LogP contribution in [-0.2, 0) is 4.79 Å². The van der Waals surface area contributed by atoms with Gasteiger partial charge in [-0.15, -0.1) is 12.4 Å². The molecule has 8 heteroatoms. The quantitative estimate of drug-likeness (QED) is 0.766. The highest BCUT2D eigenvalue weighted by Crippen LogP contribution is 2.21. The second-order valence-corrected chi connectivity index (χ2v) is 7.26. The van der Waals surface area contributed by atoms with Gasteiger partial charge in [-0.2, -0.15) is 0 Å². The number of benzene rings is 1. The standard InChI is InChI=1S/C19H27F2N3O2.ClH/c1-12(2)9-15(11-22)23-18(25)13-5-7-24(8-6-13)19(26)16-4-3-14(20)10-17(16)21;/h3-4,10,12-13,15H,5-9,11,22H2,1-2H3,(H,23,25);1H. The molecule has 0 bridgehead atoms. The summed E-state index contributed by atoms with van der Waals surface area (Å²) in [5.41, 5.74) is 5.58. The zero-order chi connectivity index (χ0) is 19.3. The van der Waals surface area contributed by atoms with E-state index in [1.807, 2.05) is 0 Å². The molecule has 1 heterocycles. The van der Waals surface area contributed by atoms with Crippen molar-refractivity contribution in [2.45, 2.75) is 39.2 Å². The third kappa shape index (κ3) is 6.43. The Kier molecular flexibility index (Phi) is 9.12. The van der Waals surface area contributed by atoms with Crippen LogP contribution in [0.15, 0.2) is 18.2 Å². The molecular formula is C19H28ClF2N3O2. The SMILES string of the molecule is CC(C)CC(CN)NC(=O)C1CCN(C(=O)c2ccc(F)cc2F)CC1.Cl. The number of hydrogen-bond acceptors (Lipinski definition) is 3. The van der Waals surface area contributed by atoms with Crippen LogP contribution in [0.5, 0.6) is 0 Å². The summed E-state index contributed by atoms with van der Waals surface area (Å²) in [5.74, 6) is -1.84. The van der Waals surface area contributed by atoms with Gasteiger partial charge in [-0.25, -0.2) is 8.78 Å². The van der Waals surface area contributed by atoms with Gasteiger partial charge in [0.05, 0.1) is 5.56 Å². The van der Waals surface area contributed by atoms with Crippen molar-refractivity contribution in [3.63, 3.8) is 0 Å². The molecule has 1 aromatic rings. The predicted molar refractivity (Wildman–Crippen MR) is 103 cm³/mol. The summed E-state index contributed by atoms with van der Waals surface area (Å²) in [7, 11) is 0. The minimum atomic E-state index is -0.866. The van der Waals surface area contributed by atoms with E-state index in [0.29, 0.717) is 44.5 Å². The third-order valence-corrected chi connectivity index (χ3v) is 4.70. The molecule has 1 saturated heterocycles. The monoisotopic (exact) mass is 403 g/mol. The molecule has 0 saturated carbocycles. The lowest BCUT2D eigenvalue weighted by atomic mass is 9.94. The molecule has 2 rings (SSSR count). The highest BCUT2D eigenvalue weighted by atomic mass is 35.5. The Morgan fingerprint density at radius 3 is 2.41 bits per heavy atom. The summed E-state index contributed by atoms with van der Waals surface area (Å²) in [6.07, 6.45) is 1.85. The number of nitrogens with zero attached hydrogens (tertiary/aromatic N) is 1. The molecule has 1 fully saturated rings. The average molecular weight is 404 g/mol. The van der Waals surface area contributed by atoms with Crippen LogP contribution in [0, 0.1) is 23.5 Å². The number of amides is 2. The van der Waals surface area contributed by atoms with E-state index >= 15 is 0 Å². The summed E-state index contributed by atoms with van der Waals surface area (Å²) in [6, 6.07) is 2.88. The van der Waals surface area contributed by atoms with E-state index < -0.39 is 17.5 Å². The zero-order valence-electron chi connectivity index (χ0n) is 15.7. The normalized spacial score (nSPS) is 16.0. The van der Waals surface area contributed by atoms with Crippen molar-refractivity contribution < 1.29 is 18.4 Å². The van der Waals surface area contributed by atoms with Crippen molar-refractivity contribution >= 4 is 24.2 Å². The number of rotatable bonds is 6. The molecule has 1 aromatic carbocycles. The van der Waals surface area contributed by atoms with Crippen molar-refractivity contribution in [2.24, 2.45) is 17.6 Å². The minimum Gasteiger partial charge on any atom is -0.352 e. The van der Waals surface area contributed by atoms with E-state index in [2.05, 4.69) is 19.2 Å². The number of halogens is 3. The van der Waals surface area contributed by atoms with Crippen LogP contribution in [0.3, 0.4) is 0 Å². The summed E-state index contributed by atoms with van der Waals surface area (Å²) in [6.45, 7) is 5.28. The Balaban J connectivity index is 0.00000364. The Hall–Kier alpha value is -1.73. The predicted octanol–water partition coefficient (Wildman–Crippen LogP) is 2.73. The van der Waals surface area contributed by atoms with Crippen molar-refractivity contribution in [1.82, 2.24) is 10.2 Å². The molecule has 0 spiro atoms. The van der Waals surface area contributed by atoms with Crippen LogP contribution in [0.2, 0.25) is 0 Å². The smallest absolute Gasteiger partial charge is 0.256 e. The number of nitrogens with two attached hydrogens (primary N) is 1.